The van der Waals surface area contributed by atoms with Gasteiger partial charge in [0, 0.05) is 32.7 Å². The van der Waals surface area contributed by atoms with Gasteiger partial charge in [-0.3, -0.25) is 4.79 Å². The fraction of sp³-hybridized carbons (Fsp3) is 0.562. The van der Waals surface area contributed by atoms with Crippen LogP contribution in [0.25, 0.3) is 0 Å². The first kappa shape index (κ1) is 17.6. The average molecular weight is 328 g/mol. The Labute approximate surface area is 134 Å². The van der Waals surface area contributed by atoms with Crippen LogP contribution in [0.15, 0.2) is 24.3 Å². The molecule has 1 amide bonds. The lowest BCUT2D eigenvalue weighted by Gasteiger charge is -2.10. The molecular formula is C16H22F2N2O3. The second-order valence-electron chi connectivity index (χ2n) is 5.40. The molecule has 1 aromatic carbocycles. The van der Waals surface area contributed by atoms with Crippen LogP contribution in [0.5, 0.6) is 5.75 Å². The van der Waals surface area contributed by atoms with E-state index in [2.05, 4.69) is 15.4 Å². The number of hydrogen-bond donors (Lipinski definition) is 2. The lowest BCUT2D eigenvalue weighted by molar-refractivity contribution is -0.122. The molecule has 0 bridgehead atoms. The lowest BCUT2D eigenvalue weighted by atomic mass is 10.1. The van der Waals surface area contributed by atoms with Crippen molar-refractivity contribution in [1.82, 2.24) is 10.6 Å². The van der Waals surface area contributed by atoms with Crippen LogP contribution >= 0.6 is 0 Å². The van der Waals surface area contributed by atoms with Gasteiger partial charge in [0.15, 0.2) is 0 Å². The molecule has 1 aliphatic rings. The van der Waals surface area contributed by atoms with Crippen LogP contribution in [0.4, 0.5) is 8.78 Å². The van der Waals surface area contributed by atoms with Crippen molar-refractivity contribution >= 4 is 5.91 Å². The number of methoxy groups -OCH3 is 1. The Morgan fingerprint density at radius 2 is 2.09 bits per heavy atom. The molecule has 5 nitrogen and oxygen atoms in total. The van der Waals surface area contributed by atoms with Crippen LogP contribution in [0.1, 0.15) is 17.9 Å². The Morgan fingerprint density at radius 1 is 1.30 bits per heavy atom. The van der Waals surface area contributed by atoms with Crippen molar-refractivity contribution < 1.29 is 23.0 Å². The fourth-order valence-corrected chi connectivity index (χ4v) is 2.52. The van der Waals surface area contributed by atoms with Gasteiger partial charge in [0.1, 0.15) is 5.75 Å². The minimum Gasteiger partial charge on any atom is -0.435 e. The normalized spacial score (nSPS) is 19.7. The summed E-state index contributed by atoms with van der Waals surface area (Å²) in [6, 6.07) is 6.65. The van der Waals surface area contributed by atoms with Crippen molar-refractivity contribution in [2.24, 2.45) is 5.92 Å². The number of ether oxygens (including phenoxy) is 2. The molecule has 0 saturated heterocycles. The second kappa shape index (κ2) is 8.79. The number of nitrogens with one attached hydrogen (secondary N) is 2. The molecule has 23 heavy (non-hydrogen) atoms. The highest BCUT2D eigenvalue weighted by Gasteiger charge is 2.45. The summed E-state index contributed by atoms with van der Waals surface area (Å²) in [6.07, 6.45) is 0.659. The predicted molar refractivity (Wildman–Crippen MR) is 81.7 cm³/mol. The molecule has 1 aliphatic carbocycles. The van der Waals surface area contributed by atoms with Crippen molar-refractivity contribution in [3.63, 3.8) is 0 Å². The molecule has 7 heteroatoms. The van der Waals surface area contributed by atoms with Crippen LogP contribution in [0.3, 0.4) is 0 Å². The fourth-order valence-electron chi connectivity index (χ4n) is 2.52. The van der Waals surface area contributed by atoms with Crippen LogP contribution < -0.4 is 15.4 Å². The largest absolute Gasteiger partial charge is 0.435 e. The predicted octanol–water partition coefficient (Wildman–Crippen LogP) is 1.74. The van der Waals surface area contributed by atoms with Gasteiger partial charge in [-0.05, 0) is 24.0 Å². The summed E-state index contributed by atoms with van der Waals surface area (Å²) >= 11 is 0. The van der Waals surface area contributed by atoms with Gasteiger partial charge in [-0.1, -0.05) is 18.2 Å². The molecule has 2 rings (SSSR count). The van der Waals surface area contributed by atoms with E-state index in [-0.39, 0.29) is 23.5 Å². The SMILES string of the molecule is COCCNCCNC(=O)C1CC1c1ccccc1OC(F)F. The van der Waals surface area contributed by atoms with E-state index in [1.54, 1.807) is 25.3 Å². The number of carbonyl (C=O) groups excluding carboxylic acids is 1. The second-order valence-corrected chi connectivity index (χ2v) is 5.40. The Hall–Kier alpha value is -1.73. The van der Waals surface area contributed by atoms with Gasteiger partial charge >= 0.3 is 6.61 Å². The summed E-state index contributed by atoms with van der Waals surface area (Å²) in [5, 5.41) is 5.98. The molecule has 0 aliphatic heterocycles. The molecule has 1 saturated carbocycles. The topological polar surface area (TPSA) is 59.6 Å². The minimum absolute atomic E-state index is 0.0459. The number of para-hydroxylation sites is 1. The zero-order valence-electron chi connectivity index (χ0n) is 13.1. The van der Waals surface area contributed by atoms with E-state index < -0.39 is 6.61 Å². The highest BCUT2D eigenvalue weighted by molar-refractivity contribution is 5.83. The number of hydrogen-bond acceptors (Lipinski definition) is 4. The number of halogens is 2. The summed E-state index contributed by atoms with van der Waals surface area (Å²) < 4.78 is 34.3. The van der Waals surface area contributed by atoms with Crippen molar-refractivity contribution in [1.29, 1.82) is 0 Å². The summed E-state index contributed by atoms with van der Waals surface area (Å²) in [7, 11) is 1.63. The summed E-state index contributed by atoms with van der Waals surface area (Å²) in [5.41, 5.74) is 0.672. The van der Waals surface area contributed by atoms with E-state index in [1.165, 1.54) is 6.07 Å². The molecule has 128 valence electrons. The van der Waals surface area contributed by atoms with Gasteiger partial charge < -0.3 is 20.1 Å². The maximum absolute atomic E-state index is 12.4. The summed E-state index contributed by atoms with van der Waals surface area (Å²) in [5.74, 6) is -0.109. The quantitative estimate of drug-likeness (QED) is 0.643. The number of benzene rings is 1. The molecule has 2 N–H and O–H groups in total. The molecule has 0 spiro atoms. The van der Waals surface area contributed by atoms with E-state index in [1.807, 2.05) is 0 Å². The first-order valence-electron chi connectivity index (χ1n) is 7.64. The molecule has 2 unspecified atom stereocenters. The van der Waals surface area contributed by atoms with Crippen LogP contribution in [0.2, 0.25) is 0 Å². The third kappa shape index (κ3) is 5.44. The lowest BCUT2D eigenvalue weighted by Crippen LogP contribution is -2.34. The zero-order valence-corrected chi connectivity index (χ0v) is 13.1. The Kier molecular flexibility index (Phi) is 6.73. The average Bonchev–Trinajstić information content (AvgIpc) is 3.31. The summed E-state index contributed by atoms with van der Waals surface area (Å²) in [4.78, 5) is 12.1. The van der Waals surface area contributed by atoms with Gasteiger partial charge in [0.05, 0.1) is 6.61 Å². The summed E-state index contributed by atoms with van der Waals surface area (Å²) in [6.45, 7) is -0.310. The van der Waals surface area contributed by atoms with E-state index in [4.69, 9.17) is 4.74 Å². The monoisotopic (exact) mass is 328 g/mol. The van der Waals surface area contributed by atoms with Crippen molar-refractivity contribution in [2.75, 3.05) is 33.4 Å². The molecule has 2 atom stereocenters. The van der Waals surface area contributed by atoms with E-state index in [0.29, 0.717) is 31.7 Å². The van der Waals surface area contributed by atoms with Gasteiger partial charge in [0.25, 0.3) is 0 Å². The Morgan fingerprint density at radius 3 is 2.83 bits per heavy atom. The Bertz CT molecular complexity index is 514. The van der Waals surface area contributed by atoms with Crippen LogP contribution in [0, 0.1) is 5.92 Å². The number of rotatable bonds is 10. The first-order chi connectivity index (χ1) is 11.1. The van der Waals surface area contributed by atoms with Crippen molar-refractivity contribution in [2.45, 2.75) is 19.0 Å². The molecule has 0 radical (unpaired) electrons. The number of amides is 1. The first-order valence-corrected chi connectivity index (χ1v) is 7.64. The van der Waals surface area contributed by atoms with E-state index in [9.17, 15) is 13.6 Å². The van der Waals surface area contributed by atoms with Crippen LogP contribution in [-0.2, 0) is 9.53 Å². The van der Waals surface area contributed by atoms with Gasteiger partial charge in [0.2, 0.25) is 5.91 Å². The van der Waals surface area contributed by atoms with Gasteiger partial charge in [-0.15, -0.1) is 0 Å². The molecule has 0 heterocycles. The van der Waals surface area contributed by atoms with Gasteiger partial charge in [-0.2, -0.15) is 8.78 Å². The maximum Gasteiger partial charge on any atom is 0.387 e. The molecule has 1 aromatic rings. The number of carbonyl (C=O) groups is 1. The Balaban J connectivity index is 1.77. The molecule has 1 fully saturated rings. The third-order valence-corrected chi connectivity index (χ3v) is 3.75. The highest BCUT2D eigenvalue weighted by Crippen LogP contribution is 2.50. The number of alkyl halides is 2. The van der Waals surface area contributed by atoms with E-state index in [0.717, 1.165) is 6.54 Å². The molecular weight excluding hydrogens is 306 g/mol. The maximum atomic E-state index is 12.4. The third-order valence-electron chi connectivity index (χ3n) is 3.75. The van der Waals surface area contributed by atoms with Gasteiger partial charge in [-0.25, -0.2) is 0 Å². The van der Waals surface area contributed by atoms with Crippen molar-refractivity contribution in [3.05, 3.63) is 29.8 Å². The standard InChI is InChI=1S/C16H22F2N2O3/c1-22-9-8-19-6-7-20-15(21)13-10-12(13)11-4-2-3-5-14(11)23-16(17)18/h2-5,12-13,16,19H,6-10H2,1H3,(H,20,21). The molecule has 0 aromatic heterocycles. The zero-order chi connectivity index (χ0) is 16.7. The smallest absolute Gasteiger partial charge is 0.387 e. The van der Waals surface area contributed by atoms with Crippen molar-refractivity contribution in [3.8, 4) is 5.75 Å². The van der Waals surface area contributed by atoms with E-state index >= 15 is 0 Å². The van der Waals surface area contributed by atoms with Crippen LogP contribution in [-0.4, -0.2) is 45.9 Å². The minimum atomic E-state index is -2.86. The highest BCUT2D eigenvalue weighted by atomic mass is 19.3.